The lowest BCUT2D eigenvalue weighted by molar-refractivity contribution is -0.146. The second kappa shape index (κ2) is 7.50. The summed E-state index contributed by atoms with van der Waals surface area (Å²) >= 11 is 0. The number of halogens is 1. The third kappa shape index (κ3) is 3.48. The number of anilines is 1. The summed E-state index contributed by atoms with van der Waals surface area (Å²) in [5.41, 5.74) is 0.992. The fourth-order valence-corrected chi connectivity index (χ4v) is 4.67. The van der Waals surface area contributed by atoms with Crippen molar-refractivity contribution in [1.29, 1.82) is 0 Å². The van der Waals surface area contributed by atoms with Crippen LogP contribution in [0.25, 0.3) is 0 Å². The first-order chi connectivity index (χ1) is 13.4. The number of carbonyl (C=O) groups excluding carboxylic acids is 2. The Kier molecular flexibility index (Phi) is 5.05. The van der Waals surface area contributed by atoms with Gasteiger partial charge in [0.05, 0.1) is 17.9 Å². The first kappa shape index (κ1) is 18.9. The van der Waals surface area contributed by atoms with Crippen LogP contribution in [-0.4, -0.2) is 53.6 Å². The Morgan fingerprint density at radius 2 is 1.96 bits per heavy atom. The summed E-state index contributed by atoms with van der Waals surface area (Å²) in [6, 6.07) is 4.10. The van der Waals surface area contributed by atoms with Gasteiger partial charge in [-0.15, -0.1) is 0 Å². The van der Waals surface area contributed by atoms with Crippen molar-refractivity contribution in [3.8, 4) is 0 Å². The molecule has 2 amide bonds. The monoisotopic (exact) mass is 390 g/mol. The van der Waals surface area contributed by atoms with Crippen molar-refractivity contribution in [2.75, 3.05) is 25.0 Å². The van der Waals surface area contributed by atoms with Gasteiger partial charge in [-0.1, -0.05) is 6.07 Å². The zero-order chi connectivity index (χ0) is 19.8. The molecule has 8 heteroatoms. The molecule has 3 atom stereocenters. The zero-order valence-electron chi connectivity index (χ0n) is 15.4. The molecule has 0 radical (unpaired) electrons. The van der Waals surface area contributed by atoms with Gasteiger partial charge in [-0.05, 0) is 42.9 Å². The van der Waals surface area contributed by atoms with Gasteiger partial charge in [0.2, 0.25) is 11.8 Å². The predicted molar refractivity (Wildman–Crippen MR) is 97.2 cm³/mol. The summed E-state index contributed by atoms with van der Waals surface area (Å²) in [5.74, 6) is -2.69. The average molecular weight is 390 g/mol. The maximum atomic E-state index is 13.5. The van der Waals surface area contributed by atoms with Crippen LogP contribution in [0.3, 0.4) is 0 Å². The van der Waals surface area contributed by atoms with Crippen LogP contribution >= 0.6 is 0 Å². The van der Waals surface area contributed by atoms with Gasteiger partial charge in [-0.25, -0.2) is 4.39 Å². The van der Waals surface area contributed by atoms with Crippen molar-refractivity contribution < 1.29 is 28.6 Å². The zero-order valence-corrected chi connectivity index (χ0v) is 15.4. The maximum Gasteiger partial charge on any atom is 0.309 e. The van der Waals surface area contributed by atoms with E-state index in [1.807, 2.05) is 0 Å². The molecule has 2 fully saturated rings. The van der Waals surface area contributed by atoms with Crippen LogP contribution in [0, 0.1) is 17.7 Å². The third-order valence-electron chi connectivity index (χ3n) is 6.12. The highest BCUT2D eigenvalue weighted by atomic mass is 19.1. The van der Waals surface area contributed by atoms with E-state index in [1.54, 1.807) is 11.0 Å². The molecule has 1 aromatic carbocycles. The SMILES string of the molecule is O=C1CC(C(=O)N2CCC([C@@H]3OCCC3C(=O)O)CC2)c2ccc(F)cc2N1. The number of carboxylic acid groups (broad SMARTS) is 1. The number of rotatable bonds is 3. The van der Waals surface area contributed by atoms with Crippen LogP contribution in [0.5, 0.6) is 0 Å². The number of fused-ring (bicyclic) bond motifs is 1. The van der Waals surface area contributed by atoms with Gasteiger partial charge in [0.1, 0.15) is 5.82 Å². The first-order valence-electron chi connectivity index (χ1n) is 9.66. The fourth-order valence-electron chi connectivity index (χ4n) is 4.67. The quantitative estimate of drug-likeness (QED) is 0.823. The summed E-state index contributed by atoms with van der Waals surface area (Å²) in [4.78, 5) is 38.2. The number of ether oxygens (including phenoxy) is 1. The number of carboxylic acids is 1. The summed E-state index contributed by atoms with van der Waals surface area (Å²) in [5, 5.41) is 12.0. The Morgan fingerprint density at radius 1 is 1.21 bits per heavy atom. The Morgan fingerprint density at radius 3 is 2.68 bits per heavy atom. The highest BCUT2D eigenvalue weighted by Crippen LogP contribution is 2.37. The lowest BCUT2D eigenvalue weighted by atomic mass is 9.83. The smallest absolute Gasteiger partial charge is 0.309 e. The van der Waals surface area contributed by atoms with E-state index in [4.69, 9.17) is 4.74 Å². The number of hydrogen-bond donors (Lipinski definition) is 2. The van der Waals surface area contributed by atoms with E-state index in [1.165, 1.54) is 12.1 Å². The van der Waals surface area contributed by atoms with E-state index in [0.29, 0.717) is 50.2 Å². The number of carbonyl (C=O) groups is 3. The molecule has 0 aliphatic carbocycles. The Labute approximate surface area is 161 Å². The predicted octanol–water partition coefficient (Wildman–Crippen LogP) is 1.98. The number of piperidine rings is 1. The van der Waals surface area contributed by atoms with Crippen LogP contribution in [0.2, 0.25) is 0 Å². The first-order valence-corrected chi connectivity index (χ1v) is 9.66. The van der Waals surface area contributed by atoms with Crippen molar-refractivity contribution in [3.63, 3.8) is 0 Å². The average Bonchev–Trinajstić information content (AvgIpc) is 3.17. The lowest BCUT2D eigenvalue weighted by Gasteiger charge is -2.37. The summed E-state index contributed by atoms with van der Waals surface area (Å²) in [7, 11) is 0. The van der Waals surface area contributed by atoms with Crippen LogP contribution in [-0.2, 0) is 19.1 Å². The van der Waals surface area contributed by atoms with Crippen molar-refractivity contribution >= 4 is 23.5 Å². The molecule has 0 spiro atoms. The number of amides is 2. The topological polar surface area (TPSA) is 95.9 Å². The normalized spacial score (nSPS) is 28.0. The molecule has 3 aliphatic rings. The highest BCUT2D eigenvalue weighted by molar-refractivity contribution is 6.01. The minimum atomic E-state index is -0.821. The molecule has 28 heavy (non-hydrogen) atoms. The second-order valence-corrected chi connectivity index (χ2v) is 7.77. The Balaban J connectivity index is 1.43. The number of hydrogen-bond acceptors (Lipinski definition) is 4. The lowest BCUT2D eigenvalue weighted by Crippen LogP contribution is -2.45. The van der Waals surface area contributed by atoms with Gasteiger partial charge >= 0.3 is 5.97 Å². The molecular formula is C20H23FN2O5. The van der Waals surface area contributed by atoms with Gasteiger partial charge < -0.3 is 20.1 Å². The standard InChI is InChI=1S/C20H23FN2O5/c21-12-1-2-13-15(10-17(24)22-16(13)9-12)19(25)23-6-3-11(4-7-23)18-14(20(26)27)5-8-28-18/h1-2,9,11,14-15,18H,3-8,10H2,(H,22,24)(H,26,27)/t14?,15?,18-/m0/s1. The molecule has 2 saturated heterocycles. The number of benzene rings is 1. The van der Waals surface area contributed by atoms with E-state index < -0.39 is 23.6 Å². The largest absolute Gasteiger partial charge is 0.481 e. The minimum absolute atomic E-state index is 0.0459. The van der Waals surface area contributed by atoms with Gasteiger partial charge in [0, 0.05) is 31.8 Å². The Hall–Kier alpha value is -2.48. The van der Waals surface area contributed by atoms with Crippen LogP contribution in [0.1, 0.15) is 37.2 Å². The van der Waals surface area contributed by atoms with Crippen LogP contribution in [0.4, 0.5) is 10.1 Å². The molecule has 0 bridgehead atoms. The summed E-state index contributed by atoms with van der Waals surface area (Å²) < 4.78 is 19.2. The van der Waals surface area contributed by atoms with Crippen molar-refractivity contribution in [2.45, 2.75) is 37.7 Å². The third-order valence-corrected chi connectivity index (χ3v) is 6.12. The molecule has 4 rings (SSSR count). The van der Waals surface area contributed by atoms with Crippen molar-refractivity contribution in [1.82, 2.24) is 4.90 Å². The van der Waals surface area contributed by atoms with Gasteiger partial charge in [0.25, 0.3) is 0 Å². The van der Waals surface area contributed by atoms with E-state index in [0.717, 1.165) is 0 Å². The second-order valence-electron chi connectivity index (χ2n) is 7.77. The van der Waals surface area contributed by atoms with Crippen molar-refractivity contribution in [2.24, 2.45) is 11.8 Å². The van der Waals surface area contributed by atoms with Gasteiger partial charge in [0.15, 0.2) is 0 Å². The van der Waals surface area contributed by atoms with Gasteiger partial charge in [-0.3, -0.25) is 14.4 Å². The number of likely N-dealkylation sites (tertiary alicyclic amines) is 1. The molecule has 1 aromatic rings. The summed E-state index contributed by atoms with van der Waals surface area (Å²) in [6.07, 6.45) is 1.64. The molecule has 7 nitrogen and oxygen atoms in total. The molecule has 150 valence electrons. The number of aliphatic carboxylic acids is 1. The molecule has 0 aromatic heterocycles. The van der Waals surface area contributed by atoms with E-state index in [2.05, 4.69) is 5.32 Å². The maximum absolute atomic E-state index is 13.5. The molecule has 3 heterocycles. The van der Waals surface area contributed by atoms with E-state index in [-0.39, 0.29) is 30.3 Å². The molecule has 3 aliphatic heterocycles. The number of nitrogens with zero attached hydrogens (tertiary/aromatic N) is 1. The highest BCUT2D eigenvalue weighted by Gasteiger charge is 2.42. The van der Waals surface area contributed by atoms with Crippen molar-refractivity contribution in [3.05, 3.63) is 29.6 Å². The van der Waals surface area contributed by atoms with E-state index >= 15 is 0 Å². The van der Waals surface area contributed by atoms with Gasteiger partial charge in [-0.2, -0.15) is 0 Å². The minimum Gasteiger partial charge on any atom is -0.481 e. The molecule has 0 saturated carbocycles. The molecule has 2 N–H and O–H groups in total. The summed E-state index contributed by atoms with van der Waals surface area (Å²) in [6.45, 7) is 1.47. The van der Waals surface area contributed by atoms with Crippen LogP contribution < -0.4 is 5.32 Å². The molecular weight excluding hydrogens is 367 g/mol. The fraction of sp³-hybridized carbons (Fsp3) is 0.550. The molecule has 2 unspecified atom stereocenters. The number of nitrogens with one attached hydrogen (secondary N) is 1. The van der Waals surface area contributed by atoms with E-state index in [9.17, 15) is 23.9 Å². The Bertz CT molecular complexity index is 806. The van der Waals surface area contributed by atoms with Crippen LogP contribution in [0.15, 0.2) is 18.2 Å².